The third kappa shape index (κ3) is 2.03. The second-order valence-electron chi connectivity index (χ2n) is 5.50. The van der Waals surface area contributed by atoms with Crippen LogP contribution in [0.1, 0.15) is 31.2 Å². The molecule has 0 radical (unpaired) electrons. The van der Waals surface area contributed by atoms with Gasteiger partial charge < -0.3 is 4.74 Å². The number of likely N-dealkylation sites (N-methyl/N-ethyl adjacent to an activating group) is 1. The molecular formula is C17H20N2O. The maximum atomic E-state index is 6.41. The fourth-order valence-corrected chi connectivity index (χ4v) is 2.89. The number of aromatic nitrogens is 1. The predicted octanol–water partition coefficient (Wildman–Crippen LogP) is 3.35. The van der Waals surface area contributed by atoms with Crippen molar-refractivity contribution in [3.63, 3.8) is 0 Å². The summed E-state index contributed by atoms with van der Waals surface area (Å²) < 4.78 is 6.41. The number of hydrogen-bond acceptors (Lipinski definition) is 3. The molecule has 2 aromatic rings. The van der Waals surface area contributed by atoms with Crippen LogP contribution in [0.4, 0.5) is 0 Å². The number of benzene rings is 1. The molecule has 1 aromatic carbocycles. The molecule has 104 valence electrons. The largest absolute Gasteiger partial charge is 0.345 e. The van der Waals surface area contributed by atoms with E-state index in [0.717, 1.165) is 5.69 Å². The second kappa shape index (κ2) is 5.00. The van der Waals surface area contributed by atoms with Gasteiger partial charge in [0.2, 0.25) is 0 Å². The molecule has 1 saturated heterocycles. The summed E-state index contributed by atoms with van der Waals surface area (Å²) in [4.78, 5) is 6.74. The van der Waals surface area contributed by atoms with Gasteiger partial charge in [0.05, 0.1) is 5.69 Å². The summed E-state index contributed by atoms with van der Waals surface area (Å²) in [5.74, 6) is 0. The molecule has 0 bridgehead atoms. The Balaban J connectivity index is 1.97. The summed E-state index contributed by atoms with van der Waals surface area (Å²) in [6.07, 6.45) is 1.88. The van der Waals surface area contributed by atoms with Gasteiger partial charge in [0.25, 0.3) is 0 Å². The number of ether oxygens (including phenoxy) is 1. The standard InChI is InChI=1S/C17H20N2O/c1-13-16(14-9-5-4-6-10-14)20-17(2,19(13)3)15-11-7-8-12-18-15/h4-13,16H,1-3H3/t13-,16-,17+/m0/s1. The van der Waals surface area contributed by atoms with Gasteiger partial charge in [-0.05, 0) is 38.6 Å². The topological polar surface area (TPSA) is 25.4 Å². The van der Waals surface area contributed by atoms with Crippen molar-refractivity contribution < 1.29 is 4.74 Å². The molecule has 2 heterocycles. The van der Waals surface area contributed by atoms with Crippen LogP contribution in [0.2, 0.25) is 0 Å². The monoisotopic (exact) mass is 268 g/mol. The molecule has 3 rings (SSSR count). The Hall–Kier alpha value is -1.71. The average molecular weight is 268 g/mol. The smallest absolute Gasteiger partial charge is 0.162 e. The van der Waals surface area contributed by atoms with Crippen molar-refractivity contribution in [3.05, 3.63) is 66.0 Å². The van der Waals surface area contributed by atoms with E-state index >= 15 is 0 Å². The minimum absolute atomic E-state index is 0.0632. The zero-order valence-corrected chi connectivity index (χ0v) is 12.2. The Kier molecular flexibility index (Phi) is 3.32. The van der Waals surface area contributed by atoms with Crippen LogP contribution in [-0.4, -0.2) is 23.0 Å². The van der Waals surface area contributed by atoms with Crippen LogP contribution >= 0.6 is 0 Å². The molecule has 0 saturated carbocycles. The van der Waals surface area contributed by atoms with Crippen LogP contribution < -0.4 is 0 Å². The van der Waals surface area contributed by atoms with Crippen molar-refractivity contribution in [1.82, 2.24) is 9.88 Å². The lowest BCUT2D eigenvalue weighted by Gasteiger charge is -2.31. The van der Waals surface area contributed by atoms with Crippen molar-refractivity contribution >= 4 is 0 Å². The van der Waals surface area contributed by atoms with Gasteiger partial charge in [-0.1, -0.05) is 36.4 Å². The molecule has 0 unspecified atom stereocenters. The third-order valence-corrected chi connectivity index (χ3v) is 4.35. The Labute approximate surface area is 120 Å². The van der Waals surface area contributed by atoms with Crippen molar-refractivity contribution in [2.75, 3.05) is 7.05 Å². The maximum absolute atomic E-state index is 6.41. The fourth-order valence-electron chi connectivity index (χ4n) is 2.89. The summed E-state index contributed by atoms with van der Waals surface area (Å²) in [5.41, 5.74) is 1.68. The summed E-state index contributed by atoms with van der Waals surface area (Å²) >= 11 is 0. The van der Waals surface area contributed by atoms with Gasteiger partial charge in [0.1, 0.15) is 6.10 Å². The lowest BCUT2D eigenvalue weighted by molar-refractivity contribution is -0.0929. The Morgan fingerprint density at radius 2 is 1.80 bits per heavy atom. The first-order valence-corrected chi connectivity index (χ1v) is 7.00. The van der Waals surface area contributed by atoms with Crippen LogP contribution in [0, 0.1) is 0 Å². The normalized spacial score (nSPS) is 30.6. The Bertz CT molecular complexity index is 572. The molecule has 1 aromatic heterocycles. The molecule has 0 aliphatic carbocycles. The van der Waals surface area contributed by atoms with Crippen molar-refractivity contribution in [1.29, 1.82) is 0 Å². The second-order valence-corrected chi connectivity index (χ2v) is 5.50. The molecule has 3 heteroatoms. The van der Waals surface area contributed by atoms with Crippen LogP contribution in [0.15, 0.2) is 54.7 Å². The first kappa shape index (κ1) is 13.3. The highest BCUT2D eigenvalue weighted by Gasteiger charge is 2.48. The molecule has 1 fully saturated rings. The molecule has 3 atom stereocenters. The lowest BCUT2D eigenvalue weighted by atomic mass is 10.0. The molecule has 0 spiro atoms. The van der Waals surface area contributed by atoms with Gasteiger partial charge in [-0.3, -0.25) is 9.88 Å². The first-order chi connectivity index (χ1) is 9.63. The summed E-state index contributed by atoms with van der Waals surface area (Å²) in [6, 6.07) is 16.7. The van der Waals surface area contributed by atoms with E-state index in [0.29, 0.717) is 6.04 Å². The highest BCUT2D eigenvalue weighted by Crippen LogP contribution is 2.44. The molecule has 1 aliphatic rings. The van der Waals surface area contributed by atoms with E-state index < -0.39 is 5.72 Å². The minimum atomic E-state index is -0.485. The van der Waals surface area contributed by atoms with Crippen LogP contribution in [0.25, 0.3) is 0 Å². The molecular weight excluding hydrogens is 248 g/mol. The van der Waals surface area contributed by atoms with E-state index in [1.54, 1.807) is 0 Å². The van der Waals surface area contributed by atoms with Gasteiger partial charge >= 0.3 is 0 Å². The van der Waals surface area contributed by atoms with E-state index in [1.165, 1.54) is 5.56 Å². The van der Waals surface area contributed by atoms with E-state index in [2.05, 4.69) is 55.0 Å². The maximum Gasteiger partial charge on any atom is 0.162 e. The molecule has 0 amide bonds. The first-order valence-electron chi connectivity index (χ1n) is 7.00. The summed E-state index contributed by atoms with van der Waals surface area (Å²) in [5, 5.41) is 0. The zero-order valence-electron chi connectivity index (χ0n) is 12.2. The van der Waals surface area contributed by atoms with Crippen molar-refractivity contribution in [2.24, 2.45) is 0 Å². The minimum Gasteiger partial charge on any atom is -0.345 e. The number of pyridine rings is 1. The SMILES string of the molecule is C[C@H]1[C@@H](c2ccccc2)O[C@](C)(c2ccccn2)N1C. The van der Waals surface area contributed by atoms with Crippen LogP contribution in [0.5, 0.6) is 0 Å². The molecule has 20 heavy (non-hydrogen) atoms. The van der Waals surface area contributed by atoms with Gasteiger partial charge in [-0.15, -0.1) is 0 Å². The molecule has 0 N–H and O–H groups in total. The van der Waals surface area contributed by atoms with Gasteiger partial charge in [0.15, 0.2) is 5.72 Å². The quantitative estimate of drug-likeness (QED) is 0.835. The van der Waals surface area contributed by atoms with E-state index in [9.17, 15) is 0 Å². The number of rotatable bonds is 2. The molecule has 3 nitrogen and oxygen atoms in total. The van der Waals surface area contributed by atoms with Gasteiger partial charge in [0, 0.05) is 12.2 Å². The lowest BCUT2D eigenvalue weighted by Crippen LogP contribution is -2.40. The summed E-state index contributed by atoms with van der Waals surface area (Å²) in [6.45, 7) is 4.29. The third-order valence-electron chi connectivity index (χ3n) is 4.35. The highest BCUT2D eigenvalue weighted by atomic mass is 16.5. The van der Waals surface area contributed by atoms with Crippen LogP contribution in [0.3, 0.4) is 0 Å². The highest BCUT2D eigenvalue weighted by molar-refractivity contribution is 5.23. The van der Waals surface area contributed by atoms with Gasteiger partial charge in [-0.2, -0.15) is 0 Å². The van der Waals surface area contributed by atoms with Crippen molar-refractivity contribution in [2.45, 2.75) is 31.7 Å². The summed E-state index contributed by atoms with van der Waals surface area (Å²) in [7, 11) is 2.10. The van der Waals surface area contributed by atoms with E-state index in [4.69, 9.17) is 4.74 Å². The van der Waals surface area contributed by atoms with E-state index in [-0.39, 0.29) is 6.10 Å². The predicted molar refractivity (Wildman–Crippen MR) is 79.1 cm³/mol. The van der Waals surface area contributed by atoms with Crippen molar-refractivity contribution in [3.8, 4) is 0 Å². The van der Waals surface area contributed by atoms with E-state index in [1.807, 2.05) is 30.5 Å². The number of hydrogen-bond donors (Lipinski definition) is 0. The molecule has 1 aliphatic heterocycles. The van der Waals surface area contributed by atoms with Crippen LogP contribution in [-0.2, 0) is 10.5 Å². The Morgan fingerprint density at radius 1 is 1.10 bits per heavy atom. The Morgan fingerprint density at radius 3 is 2.45 bits per heavy atom. The number of nitrogens with zero attached hydrogens (tertiary/aromatic N) is 2. The fraction of sp³-hybridized carbons (Fsp3) is 0.353. The van der Waals surface area contributed by atoms with Gasteiger partial charge in [-0.25, -0.2) is 0 Å². The zero-order chi connectivity index (χ0) is 14.2. The average Bonchev–Trinajstić information content (AvgIpc) is 2.75.